The van der Waals surface area contributed by atoms with Gasteiger partial charge in [-0.25, -0.2) is 0 Å². The third-order valence-electron chi connectivity index (χ3n) is 4.69. The Labute approximate surface area is 143 Å². The van der Waals surface area contributed by atoms with Gasteiger partial charge in [-0.1, -0.05) is 12.1 Å². The molecule has 1 aromatic carbocycles. The van der Waals surface area contributed by atoms with E-state index in [4.69, 9.17) is 4.74 Å². The molecule has 0 bridgehead atoms. The van der Waals surface area contributed by atoms with Crippen LogP contribution in [-0.4, -0.2) is 40.3 Å². The molecule has 0 radical (unpaired) electrons. The minimum Gasteiger partial charge on any atom is -0.497 e. The predicted molar refractivity (Wildman–Crippen MR) is 92.9 cm³/mol. The molecule has 5 nitrogen and oxygen atoms in total. The van der Waals surface area contributed by atoms with E-state index < -0.39 is 0 Å². The first kappa shape index (κ1) is 16.6. The molecule has 2 heterocycles. The van der Waals surface area contributed by atoms with Gasteiger partial charge >= 0.3 is 0 Å². The standard InChI is InChI=1S/C19H25N3O2/c1-24-18-9-6-16(7-10-18)8-11-19(23)22-14-3-2-5-17(22)15-21-13-4-12-20-21/h4,6-7,9-10,12-13,17H,2-3,5,8,11,14-15H2,1H3. The van der Waals surface area contributed by atoms with Gasteiger partial charge in [-0.15, -0.1) is 0 Å². The first-order chi connectivity index (χ1) is 11.8. The summed E-state index contributed by atoms with van der Waals surface area (Å²) in [5.74, 6) is 1.10. The number of methoxy groups -OCH3 is 1. The number of nitrogens with zero attached hydrogens (tertiary/aromatic N) is 3. The fourth-order valence-electron chi connectivity index (χ4n) is 3.33. The summed E-state index contributed by atoms with van der Waals surface area (Å²) in [4.78, 5) is 14.8. The van der Waals surface area contributed by atoms with Crippen LogP contribution in [0.5, 0.6) is 5.75 Å². The Morgan fingerprint density at radius 3 is 2.83 bits per heavy atom. The zero-order valence-electron chi connectivity index (χ0n) is 14.2. The van der Waals surface area contributed by atoms with E-state index in [2.05, 4.69) is 10.00 Å². The molecule has 128 valence electrons. The van der Waals surface area contributed by atoms with Gasteiger partial charge in [0.2, 0.25) is 5.91 Å². The Balaban J connectivity index is 1.57. The third-order valence-corrected chi connectivity index (χ3v) is 4.69. The maximum absolute atomic E-state index is 12.7. The van der Waals surface area contributed by atoms with E-state index in [9.17, 15) is 4.79 Å². The van der Waals surface area contributed by atoms with E-state index in [1.54, 1.807) is 13.3 Å². The monoisotopic (exact) mass is 327 g/mol. The topological polar surface area (TPSA) is 47.4 Å². The van der Waals surface area contributed by atoms with E-state index in [-0.39, 0.29) is 11.9 Å². The summed E-state index contributed by atoms with van der Waals surface area (Å²) in [5, 5.41) is 4.28. The van der Waals surface area contributed by atoms with E-state index in [1.807, 2.05) is 41.2 Å². The van der Waals surface area contributed by atoms with E-state index in [0.717, 1.165) is 38.1 Å². The van der Waals surface area contributed by atoms with Gasteiger partial charge in [0.05, 0.1) is 19.7 Å². The molecule has 0 aliphatic carbocycles. The fourth-order valence-corrected chi connectivity index (χ4v) is 3.33. The van der Waals surface area contributed by atoms with Crippen LogP contribution in [-0.2, 0) is 17.8 Å². The largest absolute Gasteiger partial charge is 0.497 e. The zero-order chi connectivity index (χ0) is 16.8. The highest BCUT2D eigenvalue weighted by Crippen LogP contribution is 2.20. The summed E-state index contributed by atoms with van der Waals surface area (Å²) in [5.41, 5.74) is 1.17. The molecule has 5 heteroatoms. The number of amides is 1. The number of carbonyl (C=O) groups excluding carboxylic acids is 1. The van der Waals surface area contributed by atoms with Crippen LogP contribution in [0.25, 0.3) is 0 Å². The van der Waals surface area contributed by atoms with Crippen molar-refractivity contribution in [1.29, 1.82) is 0 Å². The van der Waals surface area contributed by atoms with Crippen molar-refractivity contribution in [3.8, 4) is 5.75 Å². The van der Waals surface area contributed by atoms with Gasteiger partial charge < -0.3 is 9.64 Å². The number of likely N-dealkylation sites (tertiary alicyclic amines) is 1. The Morgan fingerprint density at radius 2 is 2.12 bits per heavy atom. The summed E-state index contributed by atoms with van der Waals surface area (Å²) in [6.45, 7) is 1.66. The van der Waals surface area contributed by atoms with E-state index in [0.29, 0.717) is 6.42 Å². The van der Waals surface area contributed by atoms with Crippen molar-refractivity contribution in [2.24, 2.45) is 0 Å². The first-order valence-corrected chi connectivity index (χ1v) is 8.66. The number of rotatable bonds is 6. The SMILES string of the molecule is COc1ccc(CCC(=O)N2CCCCC2Cn2cccn2)cc1. The normalized spacial score (nSPS) is 17.7. The summed E-state index contributed by atoms with van der Waals surface area (Å²) in [7, 11) is 1.66. The molecule has 1 fully saturated rings. The highest BCUT2D eigenvalue weighted by molar-refractivity contribution is 5.77. The van der Waals surface area contributed by atoms with Gasteiger partial charge in [0.25, 0.3) is 0 Å². The zero-order valence-corrected chi connectivity index (χ0v) is 14.2. The van der Waals surface area contributed by atoms with Gasteiger partial charge in [-0.3, -0.25) is 9.48 Å². The Kier molecular flexibility index (Phi) is 5.51. The highest BCUT2D eigenvalue weighted by atomic mass is 16.5. The van der Waals surface area contributed by atoms with Gasteiger partial charge in [0.15, 0.2) is 0 Å². The predicted octanol–water partition coefficient (Wildman–Crippen LogP) is 2.91. The number of piperidine rings is 1. The second kappa shape index (κ2) is 7.99. The maximum atomic E-state index is 12.7. The number of hydrogen-bond acceptors (Lipinski definition) is 3. The lowest BCUT2D eigenvalue weighted by Crippen LogP contribution is -2.46. The molecule has 1 unspecified atom stereocenters. The number of aryl methyl sites for hydroxylation is 1. The maximum Gasteiger partial charge on any atom is 0.223 e. The van der Waals surface area contributed by atoms with Gasteiger partial charge in [0, 0.05) is 25.4 Å². The molecule has 0 N–H and O–H groups in total. The van der Waals surface area contributed by atoms with Crippen molar-refractivity contribution < 1.29 is 9.53 Å². The van der Waals surface area contributed by atoms with Crippen LogP contribution < -0.4 is 4.74 Å². The summed E-state index contributed by atoms with van der Waals surface area (Å²) in [6.07, 6.45) is 8.44. The van der Waals surface area contributed by atoms with Crippen LogP contribution in [0.2, 0.25) is 0 Å². The Morgan fingerprint density at radius 1 is 1.29 bits per heavy atom. The van der Waals surface area contributed by atoms with Crippen LogP contribution >= 0.6 is 0 Å². The highest BCUT2D eigenvalue weighted by Gasteiger charge is 2.26. The number of benzene rings is 1. The summed E-state index contributed by atoms with van der Waals surface area (Å²) >= 11 is 0. The molecular formula is C19H25N3O2. The van der Waals surface area contributed by atoms with Gasteiger partial charge in [-0.05, 0) is 49.4 Å². The molecule has 1 atom stereocenters. The second-order valence-corrected chi connectivity index (χ2v) is 6.31. The van der Waals surface area contributed by atoms with Gasteiger partial charge in [0.1, 0.15) is 5.75 Å². The Hall–Kier alpha value is -2.30. The van der Waals surface area contributed by atoms with Crippen LogP contribution in [0.15, 0.2) is 42.7 Å². The number of aromatic nitrogens is 2. The summed E-state index contributed by atoms with van der Waals surface area (Å²) < 4.78 is 7.10. The molecular weight excluding hydrogens is 302 g/mol. The summed E-state index contributed by atoms with van der Waals surface area (Å²) in [6, 6.07) is 10.1. The van der Waals surface area contributed by atoms with Crippen LogP contribution in [0.1, 0.15) is 31.2 Å². The van der Waals surface area contributed by atoms with Gasteiger partial charge in [-0.2, -0.15) is 5.10 Å². The molecule has 1 aliphatic heterocycles. The minimum atomic E-state index is 0.252. The third kappa shape index (κ3) is 4.16. The number of ether oxygens (including phenoxy) is 1. The van der Waals surface area contributed by atoms with Crippen LogP contribution in [0, 0.1) is 0 Å². The molecule has 1 aromatic heterocycles. The van der Waals surface area contributed by atoms with Crippen molar-refractivity contribution in [3.63, 3.8) is 0 Å². The number of hydrogen-bond donors (Lipinski definition) is 0. The lowest BCUT2D eigenvalue weighted by molar-refractivity contribution is -0.135. The van der Waals surface area contributed by atoms with Crippen molar-refractivity contribution in [2.45, 2.75) is 44.7 Å². The molecule has 1 saturated heterocycles. The fraction of sp³-hybridized carbons (Fsp3) is 0.474. The lowest BCUT2D eigenvalue weighted by Gasteiger charge is -2.36. The van der Waals surface area contributed by atoms with Crippen molar-refractivity contribution in [2.75, 3.05) is 13.7 Å². The molecule has 1 aliphatic rings. The molecule has 24 heavy (non-hydrogen) atoms. The van der Waals surface area contributed by atoms with E-state index >= 15 is 0 Å². The number of carbonyl (C=O) groups is 1. The molecule has 0 spiro atoms. The first-order valence-electron chi connectivity index (χ1n) is 8.66. The average Bonchev–Trinajstić information content (AvgIpc) is 3.13. The van der Waals surface area contributed by atoms with Crippen LogP contribution in [0.3, 0.4) is 0 Å². The quantitative estimate of drug-likeness (QED) is 0.819. The molecule has 3 rings (SSSR count). The Bertz CT molecular complexity index is 637. The molecule has 2 aromatic rings. The van der Waals surface area contributed by atoms with Crippen molar-refractivity contribution >= 4 is 5.91 Å². The van der Waals surface area contributed by atoms with Crippen molar-refractivity contribution in [3.05, 3.63) is 48.3 Å². The smallest absolute Gasteiger partial charge is 0.223 e. The lowest BCUT2D eigenvalue weighted by atomic mass is 10.0. The second-order valence-electron chi connectivity index (χ2n) is 6.31. The van der Waals surface area contributed by atoms with Crippen molar-refractivity contribution in [1.82, 2.24) is 14.7 Å². The average molecular weight is 327 g/mol. The molecule has 1 amide bonds. The minimum absolute atomic E-state index is 0.252. The van der Waals surface area contributed by atoms with E-state index in [1.165, 1.54) is 12.0 Å². The molecule has 0 saturated carbocycles. The van der Waals surface area contributed by atoms with Crippen LogP contribution in [0.4, 0.5) is 0 Å².